The second-order valence-electron chi connectivity index (χ2n) is 2.99. The zero-order valence-corrected chi connectivity index (χ0v) is 8.59. The van der Waals surface area contributed by atoms with Gasteiger partial charge in [-0.05, 0) is 35.7 Å². The Kier molecular flexibility index (Phi) is 1.85. The van der Waals surface area contributed by atoms with E-state index in [9.17, 15) is 0 Å². The maximum absolute atomic E-state index is 6.15. The van der Waals surface area contributed by atoms with Gasteiger partial charge in [-0.1, -0.05) is 23.7 Å². The molecule has 2 rings (SSSR count). The van der Waals surface area contributed by atoms with Crippen LogP contribution in [0.4, 0.5) is 0 Å². The highest BCUT2D eigenvalue weighted by Gasteiger charge is 2.05. The van der Waals surface area contributed by atoms with Gasteiger partial charge in [0.25, 0.3) is 0 Å². The topological polar surface area (TPSA) is 0 Å². The molecule has 12 heavy (non-hydrogen) atoms. The first kappa shape index (κ1) is 8.09. The van der Waals surface area contributed by atoms with Crippen molar-refractivity contribution >= 4 is 33.0 Å². The lowest BCUT2D eigenvalue weighted by atomic mass is 10.1. The molecule has 0 fully saturated rings. The number of rotatable bonds is 0. The van der Waals surface area contributed by atoms with Crippen molar-refractivity contribution in [2.75, 3.05) is 0 Å². The molecule has 1 heterocycles. The Morgan fingerprint density at radius 3 is 2.67 bits per heavy atom. The number of benzene rings is 1. The molecule has 0 spiro atoms. The summed E-state index contributed by atoms with van der Waals surface area (Å²) < 4.78 is 1.22. The lowest BCUT2D eigenvalue weighted by Gasteiger charge is -1.98. The monoisotopic (exact) mass is 196 g/mol. The number of hydrogen-bond acceptors (Lipinski definition) is 1. The van der Waals surface area contributed by atoms with Crippen LogP contribution in [0.2, 0.25) is 5.02 Å². The minimum absolute atomic E-state index is 0.908. The summed E-state index contributed by atoms with van der Waals surface area (Å²) in [7, 11) is 0. The van der Waals surface area contributed by atoms with Crippen LogP contribution in [-0.4, -0.2) is 0 Å². The summed E-state index contributed by atoms with van der Waals surface area (Å²) in [6.07, 6.45) is 0. The van der Waals surface area contributed by atoms with E-state index >= 15 is 0 Å². The van der Waals surface area contributed by atoms with Gasteiger partial charge in [0, 0.05) is 0 Å². The molecule has 0 N–H and O–H groups in total. The quantitative estimate of drug-likeness (QED) is 0.593. The molecule has 0 nitrogen and oxygen atoms in total. The standard InChI is InChI=1S/C10H9ClS/c1-6-3-4-8-7(2)5-12-10(8)9(6)11/h3-5H,1-2H3. The van der Waals surface area contributed by atoms with Gasteiger partial charge in [-0.25, -0.2) is 0 Å². The molecule has 1 aromatic carbocycles. The van der Waals surface area contributed by atoms with Crippen molar-refractivity contribution in [2.24, 2.45) is 0 Å². The fourth-order valence-corrected chi connectivity index (χ4v) is 2.63. The second-order valence-corrected chi connectivity index (χ2v) is 4.25. The van der Waals surface area contributed by atoms with E-state index in [1.807, 2.05) is 6.92 Å². The summed E-state index contributed by atoms with van der Waals surface area (Å²) in [6, 6.07) is 4.22. The SMILES string of the molecule is Cc1ccc2c(C)csc2c1Cl. The van der Waals surface area contributed by atoms with Crippen LogP contribution in [0.5, 0.6) is 0 Å². The zero-order chi connectivity index (χ0) is 8.72. The Morgan fingerprint density at radius 2 is 1.92 bits per heavy atom. The third-order valence-corrected chi connectivity index (χ3v) is 3.80. The maximum atomic E-state index is 6.15. The Morgan fingerprint density at radius 1 is 1.17 bits per heavy atom. The molecule has 0 aliphatic rings. The van der Waals surface area contributed by atoms with Gasteiger partial charge in [0.2, 0.25) is 0 Å². The number of halogens is 1. The molecule has 2 aromatic rings. The van der Waals surface area contributed by atoms with Gasteiger partial charge in [0.05, 0.1) is 9.72 Å². The third kappa shape index (κ3) is 1.05. The molecule has 0 atom stereocenters. The Bertz CT molecular complexity index is 429. The van der Waals surface area contributed by atoms with Crippen LogP contribution < -0.4 is 0 Å². The fraction of sp³-hybridized carbons (Fsp3) is 0.200. The zero-order valence-electron chi connectivity index (χ0n) is 7.02. The largest absolute Gasteiger partial charge is 0.142 e. The highest BCUT2D eigenvalue weighted by atomic mass is 35.5. The fourth-order valence-electron chi connectivity index (χ4n) is 1.29. The Hall–Kier alpha value is -0.530. The van der Waals surface area contributed by atoms with Gasteiger partial charge in [0.1, 0.15) is 0 Å². The Balaban J connectivity index is 2.93. The van der Waals surface area contributed by atoms with Gasteiger partial charge in [0.15, 0.2) is 0 Å². The average molecular weight is 197 g/mol. The molecular formula is C10H9ClS. The second kappa shape index (κ2) is 2.75. The summed E-state index contributed by atoms with van der Waals surface area (Å²) in [5.74, 6) is 0. The number of hydrogen-bond donors (Lipinski definition) is 0. The predicted octanol–water partition coefficient (Wildman–Crippen LogP) is 4.17. The molecule has 0 bridgehead atoms. The van der Waals surface area contributed by atoms with Crippen molar-refractivity contribution in [2.45, 2.75) is 13.8 Å². The highest BCUT2D eigenvalue weighted by Crippen LogP contribution is 2.33. The number of aryl methyl sites for hydroxylation is 2. The van der Waals surface area contributed by atoms with E-state index in [4.69, 9.17) is 11.6 Å². The van der Waals surface area contributed by atoms with Crippen LogP contribution in [0.3, 0.4) is 0 Å². The van der Waals surface area contributed by atoms with Crippen LogP contribution in [-0.2, 0) is 0 Å². The van der Waals surface area contributed by atoms with Crippen LogP contribution >= 0.6 is 22.9 Å². The smallest absolute Gasteiger partial charge is 0.0613 e. The molecule has 2 heteroatoms. The summed E-state index contributed by atoms with van der Waals surface area (Å²) in [5.41, 5.74) is 2.47. The van der Waals surface area contributed by atoms with Crippen LogP contribution in [0.15, 0.2) is 17.5 Å². The van der Waals surface area contributed by atoms with Crippen LogP contribution in [0.25, 0.3) is 10.1 Å². The van der Waals surface area contributed by atoms with Gasteiger partial charge in [-0.2, -0.15) is 0 Å². The summed E-state index contributed by atoms with van der Waals surface area (Å²) in [5, 5.41) is 4.34. The van der Waals surface area contributed by atoms with Crippen LogP contribution in [0, 0.1) is 13.8 Å². The van der Waals surface area contributed by atoms with Gasteiger partial charge < -0.3 is 0 Å². The molecule has 0 aliphatic heterocycles. The molecule has 0 unspecified atom stereocenters. The van der Waals surface area contributed by atoms with Crippen molar-refractivity contribution < 1.29 is 0 Å². The Labute approximate surface area is 80.8 Å². The van der Waals surface area contributed by atoms with Crippen molar-refractivity contribution in [1.29, 1.82) is 0 Å². The van der Waals surface area contributed by atoms with Gasteiger partial charge in [-0.3, -0.25) is 0 Å². The van der Waals surface area contributed by atoms with Crippen molar-refractivity contribution in [3.63, 3.8) is 0 Å². The van der Waals surface area contributed by atoms with Crippen molar-refractivity contribution in [3.8, 4) is 0 Å². The maximum Gasteiger partial charge on any atom is 0.0613 e. The minimum Gasteiger partial charge on any atom is -0.142 e. The predicted molar refractivity (Wildman–Crippen MR) is 56.3 cm³/mol. The molecule has 0 radical (unpaired) electrons. The van der Waals surface area contributed by atoms with Crippen molar-refractivity contribution in [3.05, 3.63) is 33.7 Å². The molecule has 0 amide bonds. The van der Waals surface area contributed by atoms with E-state index in [2.05, 4.69) is 24.4 Å². The van der Waals surface area contributed by atoms with Gasteiger partial charge in [-0.15, -0.1) is 11.3 Å². The van der Waals surface area contributed by atoms with E-state index in [1.54, 1.807) is 11.3 Å². The average Bonchev–Trinajstić information content (AvgIpc) is 2.41. The highest BCUT2D eigenvalue weighted by molar-refractivity contribution is 7.18. The minimum atomic E-state index is 0.908. The van der Waals surface area contributed by atoms with Crippen LogP contribution in [0.1, 0.15) is 11.1 Å². The molecular weight excluding hydrogens is 188 g/mol. The molecule has 0 saturated heterocycles. The van der Waals surface area contributed by atoms with E-state index in [0.29, 0.717) is 0 Å². The van der Waals surface area contributed by atoms with E-state index in [-0.39, 0.29) is 0 Å². The first-order chi connectivity index (χ1) is 5.70. The number of thiophene rings is 1. The molecule has 0 saturated carbocycles. The van der Waals surface area contributed by atoms with E-state index in [1.165, 1.54) is 15.6 Å². The lowest BCUT2D eigenvalue weighted by molar-refractivity contribution is 1.50. The lowest BCUT2D eigenvalue weighted by Crippen LogP contribution is -1.74. The third-order valence-electron chi connectivity index (χ3n) is 2.07. The molecule has 1 aromatic heterocycles. The molecule has 0 aliphatic carbocycles. The molecule has 62 valence electrons. The number of fused-ring (bicyclic) bond motifs is 1. The summed E-state index contributed by atoms with van der Waals surface area (Å²) in [6.45, 7) is 4.15. The van der Waals surface area contributed by atoms with Gasteiger partial charge >= 0.3 is 0 Å². The summed E-state index contributed by atoms with van der Waals surface area (Å²) >= 11 is 7.87. The van der Waals surface area contributed by atoms with E-state index < -0.39 is 0 Å². The first-order valence-corrected chi connectivity index (χ1v) is 5.09. The normalized spacial score (nSPS) is 10.9. The summed E-state index contributed by atoms with van der Waals surface area (Å²) in [4.78, 5) is 0. The van der Waals surface area contributed by atoms with E-state index in [0.717, 1.165) is 10.6 Å². The van der Waals surface area contributed by atoms with Crippen molar-refractivity contribution in [1.82, 2.24) is 0 Å². The first-order valence-electron chi connectivity index (χ1n) is 3.83.